The van der Waals surface area contributed by atoms with Crippen molar-refractivity contribution in [1.29, 1.82) is 0 Å². The van der Waals surface area contributed by atoms with Crippen LogP contribution in [0.3, 0.4) is 0 Å². The van der Waals surface area contributed by atoms with E-state index in [0.717, 1.165) is 38.5 Å². The third-order valence-corrected chi connectivity index (χ3v) is 5.56. The van der Waals surface area contributed by atoms with Crippen LogP contribution in [-0.4, -0.2) is 40.4 Å². The molecular weight excluding hydrogens is 496 g/mol. The Morgan fingerprint density at radius 1 is 0.605 bits per heavy atom. The molecule has 2 radical (unpaired) electrons. The molecule has 0 saturated carbocycles. The zero-order valence-corrected chi connectivity index (χ0v) is 22.4. The number of unbranched alkanes of at least 4 members (excludes halogenated alkanes) is 6. The Labute approximate surface area is 223 Å². The first-order valence-corrected chi connectivity index (χ1v) is 12.3. The summed E-state index contributed by atoms with van der Waals surface area (Å²) in [6.07, 6.45) is 6.83. The first-order chi connectivity index (χ1) is 18.5. The van der Waals surface area contributed by atoms with E-state index in [1.165, 1.54) is 52.7 Å². The van der Waals surface area contributed by atoms with Crippen molar-refractivity contribution < 1.29 is 48.1 Å². The molecule has 0 saturated heterocycles. The van der Waals surface area contributed by atoms with Crippen LogP contribution >= 0.6 is 0 Å². The summed E-state index contributed by atoms with van der Waals surface area (Å²) in [6.45, 7) is 3.85. The Morgan fingerprint density at radius 3 is 1.47 bits per heavy atom. The molecule has 0 aliphatic carbocycles. The molecule has 0 aliphatic rings. The van der Waals surface area contributed by atoms with Gasteiger partial charge in [0.1, 0.15) is 34.1 Å². The third-order valence-electron chi connectivity index (χ3n) is 5.56. The standard InChI is InChI=1S/C28H36O10/c1-6-7-8-9-10-11-12-13-26(35-37-27(29)22-16-14-20(31-2)18-24(22)33-4)36-38-28(30)23-17-15-21(32-3)19-25(23)34-5/h14-19H,1,6-13H2,2-5H3. The summed E-state index contributed by atoms with van der Waals surface area (Å²) in [4.78, 5) is 45.5. The topological polar surface area (TPSA) is 108 Å². The van der Waals surface area contributed by atoms with Crippen molar-refractivity contribution in [3.05, 3.63) is 60.7 Å². The number of carbonyl (C=O) groups is 2. The Hall–Kier alpha value is -3.50. The van der Waals surface area contributed by atoms with Crippen LogP contribution in [0.1, 0.15) is 72.1 Å². The van der Waals surface area contributed by atoms with Crippen molar-refractivity contribution in [2.24, 2.45) is 0 Å². The zero-order valence-electron chi connectivity index (χ0n) is 22.4. The third kappa shape index (κ3) is 9.75. The van der Waals surface area contributed by atoms with E-state index in [1.54, 1.807) is 12.1 Å². The van der Waals surface area contributed by atoms with Crippen LogP contribution in [0, 0.1) is 13.2 Å². The molecule has 38 heavy (non-hydrogen) atoms. The summed E-state index contributed by atoms with van der Waals surface area (Å²) in [7, 11) is 5.82. The highest BCUT2D eigenvalue weighted by molar-refractivity contribution is 5.93. The van der Waals surface area contributed by atoms with Crippen LogP contribution in [0.25, 0.3) is 0 Å². The van der Waals surface area contributed by atoms with E-state index >= 15 is 0 Å². The molecule has 0 atom stereocenters. The largest absolute Gasteiger partial charge is 0.497 e. The van der Waals surface area contributed by atoms with Crippen LogP contribution in [0.5, 0.6) is 23.0 Å². The van der Waals surface area contributed by atoms with Crippen LogP contribution in [0.2, 0.25) is 0 Å². The summed E-state index contributed by atoms with van der Waals surface area (Å²) in [5.41, 5.74) is 0.219. The number of benzene rings is 2. The molecule has 0 heterocycles. The van der Waals surface area contributed by atoms with Gasteiger partial charge in [-0.25, -0.2) is 9.59 Å². The maximum atomic E-state index is 12.6. The van der Waals surface area contributed by atoms with Gasteiger partial charge >= 0.3 is 18.2 Å². The van der Waals surface area contributed by atoms with Gasteiger partial charge in [-0.3, -0.25) is 9.78 Å². The van der Waals surface area contributed by atoms with Crippen molar-refractivity contribution in [2.45, 2.75) is 51.4 Å². The highest BCUT2D eigenvalue weighted by Crippen LogP contribution is 2.28. The molecule has 2 rings (SSSR count). The van der Waals surface area contributed by atoms with E-state index in [4.69, 9.17) is 38.5 Å². The predicted molar refractivity (Wildman–Crippen MR) is 138 cm³/mol. The van der Waals surface area contributed by atoms with Crippen molar-refractivity contribution in [2.75, 3.05) is 28.4 Å². The molecule has 2 aromatic rings. The average Bonchev–Trinajstić information content (AvgIpc) is 2.96. The lowest BCUT2D eigenvalue weighted by atomic mass is 10.1. The van der Waals surface area contributed by atoms with Crippen molar-refractivity contribution in [1.82, 2.24) is 0 Å². The molecule has 10 heteroatoms. The van der Waals surface area contributed by atoms with E-state index < -0.39 is 11.9 Å². The highest BCUT2D eigenvalue weighted by atomic mass is 17.3. The van der Waals surface area contributed by atoms with E-state index in [0.29, 0.717) is 17.9 Å². The highest BCUT2D eigenvalue weighted by Gasteiger charge is 2.24. The summed E-state index contributed by atoms with van der Waals surface area (Å²) in [5.74, 6) is -0.178. The van der Waals surface area contributed by atoms with Crippen molar-refractivity contribution in [3.63, 3.8) is 0 Å². The first kappa shape index (κ1) is 30.7. The minimum Gasteiger partial charge on any atom is -0.497 e. The predicted octanol–water partition coefficient (Wildman–Crippen LogP) is 6.04. The maximum Gasteiger partial charge on any atom is 0.376 e. The fourth-order valence-electron chi connectivity index (χ4n) is 3.44. The van der Waals surface area contributed by atoms with E-state index in [-0.39, 0.29) is 35.3 Å². The second-order valence-corrected chi connectivity index (χ2v) is 8.14. The van der Waals surface area contributed by atoms with Crippen LogP contribution in [0.15, 0.2) is 36.4 Å². The molecule has 208 valence electrons. The number of ether oxygens (including phenoxy) is 4. The molecule has 2 aromatic carbocycles. The number of hydrogen-bond donors (Lipinski definition) is 0. The lowest BCUT2D eigenvalue weighted by Crippen LogP contribution is -2.17. The maximum absolute atomic E-state index is 12.6. The Bertz CT molecular complexity index is 936. The van der Waals surface area contributed by atoms with Gasteiger partial charge in [-0.2, -0.15) is 0 Å². The quantitative estimate of drug-likeness (QED) is 0.128. The molecule has 0 N–H and O–H groups in total. The number of rotatable bonds is 18. The molecular formula is C28H36O10. The molecule has 0 aliphatic heterocycles. The molecule has 0 fully saturated rings. The lowest BCUT2D eigenvalue weighted by molar-refractivity contribution is -0.364. The fourth-order valence-corrected chi connectivity index (χ4v) is 3.44. The van der Waals surface area contributed by atoms with Crippen LogP contribution in [0.4, 0.5) is 0 Å². The van der Waals surface area contributed by atoms with Gasteiger partial charge in [0.05, 0.1) is 28.4 Å². The summed E-state index contributed by atoms with van der Waals surface area (Å²) < 4.78 is 20.7. The summed E-state index contributed by atoms with van der Waals surface area (Å²) in [6, 6.07) is 9.20. The lowest BCUT2D eigenvalue weighted by Gasteiger charge is -2.15. The van der Waals surface area contributed by atoms with Gasteiger partial charge in [-0.05, 0) is 30.7 Å². The first-order valence-electron chi connectivity index (χ1n) is 12.3. The normalized spacial score (nSPS) is 10.7. The summed E-state index contributed by atoms with van der Waals surface area (Å²) in [5, 5.41) is 0. The van der Waals surface area contributed by atoms with Gasteiger partial charge in [0.15, 0.2) is 0 Å². The van der Waals surface area contributed by atoms with Gasteiger partial charge in [-0.15, -0.1) is 9.78 Å². The minimum absolute atomic E-state index is 0.109. The SMILES string of the molecule is [CH2]CCCCCCCC[C](OOC(=O)c1ccc(OC)cc1OC)OOC(=O)c1ccc(OC)cc1OC. The van der Waals surface area contributed by atoms with E-state index in [1.807, 2.05) is 0 Å². The van der Waals surface area contributed by atoms with Gasteiger partial charge < -0.3 is 18.9 Å². The summed E-state index contributed by atoms with van der Waals surface area (Å²) >= 11 is 0. The molecule has 0 bridgehead atoms. The molecule has 0 amide bonds. The zero-order chi connectivity index (χ0) is 27.8. The second-order valence-electron chi connectivity index (χ2n) is 8.14. The van der Waals surface area contributed by atoms with E-state index in [2.05, 4.69) is 6.92 Å². The monoisotopic (exact) mass is 532 g/mol. The Kier molecular flexibility index (Phi) is 13.8. The molecule has 0 spiro atoms. The smallest absolute Gasteiger partial charge is 0.376 e. The Balaban J connectivity index is 2.01. The van der Waals surface area contributed by atoms with Gasteiger partial charge in [0.2, 0.25) is 0 Å². The van der Waals surface area contributed by atoms with Crippen molar-refractivity contribution >= 4 is 11.9 Å². The number of methoxy groups -OCH3 is 4. The Morgan fingerprint density at radius 2 is 1.05 bits per heavy atom. The number of carbonyl (C=O) groups excluding carboxylic acids is 2. The van der Waals surface area contributed by atoms with Crippen LogP contribution in [-0.2, 0) is 19.6 Å². The number of hydrogen-bond acceptors (Lipinski definition) is 10. The van der Waals surface area contributed by atoms with Crippen molar-refractivity contribution in [3.8, 4) is 23.0 Å². The average molecular weight is 533 g/mol. The minimum atomic E-state index is -0.832. The molecule has 0 aromatic heterocycles. The van der Waals surface area contributed by atoms with Crippen LogP contribution < -0.4 is 18.9 Å². The van der Waals surface area contributed by atoms with Gasteiger partial charge in [0, 0.05) is 18.6 Å². The molecule has 10 nitrogen and oxygen atoms in total. The van der Waals surface area contributed by atoms with E-state index in [9.17, 15) is 9.59 Å². The van der Waals surface area contributed by atoms with Gasteiger partial charge in [-0.1, -0.05) is 45.4 Å². The second kappa shape index (κ2) is 17.1. The van der Waals surface area contributed by atoms with Gasteiger partial charge in [0.25, 0.3) is 0 Å². The molecule has 0 unspecified atom stereocenters. The fraction of sp³-hybridized carbons (Fsp3) is 0.429.